The molecular weight excluding hydrogens is 320 g/mol. The molecule has 122 valence electrons. The van der Waals surface area contributed by atoms with Crippen molar-refractivity contribution in [1.29, 1.82) is 0 Å². The Kier molecular flexibility index (Phi) is 6.76. The van der Waals surface area contributed by atoms with Crippen LogP contribution in [0.4, 0.5) is 5.82 Å². The highest BCUT2D eigenvalue weighted by atomic mass is 35.5. The second-order valence-electron chi connectivity index (χ2n) is 5.23. The van der Waals surface area contributed by atoms with Gasteiger partial charge >= 0.3 is 0 Å². The highest BCUT2D eigenvalue weighted by Crippen LogP contribution is 2.22. The van der Waals surface area contributed by atoms with Gasteiger partial charge in [-0.1, -0.05) is 23.4 Å². The zero-order chi connectivity index (χ0) is 15.9. The fraction of sp³-hybridized carbons (Fsp3) is 0.667. The van der Waals surface area contributed by atoms with E-state index in [0.29, 0.717) is 16.1 Å². The lowest BCUT2D eigenvalue weighted by molar-refractivity contribution is -0.129. The van der Waals surface area contributed by atoms with Gasteiger partial charge in [0.15, 0.2) is 5.16 Å². The molecule has 22 heavy (non-hydrogen) atoms. The first-order chi connectivity index (χ1) is 10.6. The Morgan fingerprint density at radius 2 is 1.95 bits per heavy atom. The van der Waals surface area contributed by atoms with Gasteiger partial charge in [0.25, 0.3) is 0 Å². The summed E-state index contributed by atoms with van der Waals surface area (Å²) in [5, 5.41) is 0.990. The van der Waals surface area contributed by atoms with Gasteiger partial charge in [0.2, 0.25) is 5.91 Å². The topological polar surface area (TPSA) is 49.3 Å². The normalized spacial score (nSPS) is 15.0. The number of hydrogen-bond donors (Lipinski definition) is 0. The Labute approximate surface area is 141 Å². The summed E-state index contributed by atoms with van der Waals surface area (Å²) in [5.41, 5.74) is 0. The molecule has 1 aliphatic rings. The van der Waals surface area contributed by atoms with Crippen LogP contribution in [0.3, 0.4) is 0 Å². The number of likely N-dealkylation sites (tertiary alicyclic amines) is 1. The van der Waals surface area contributed by atoms with Crippen molar-refractivity contribution in [1.82, 2.24) is 14.9 Å². The van der Waals surface area contributed by atoms with Crippen LogP contribution in [0.1, 0.15) is 33.1 Å². The van der Waals surface area contributed by atoms with E-state index in [1.54, 1.807) is 6.07 Å². The van der Waals surface area contributed by atoms with Gasteiger partial charge in [0.05, 0.1) is 5.75 Å². The number of carbonyl (C=O) groups is 1. The largest absolute Gasteiger partial charge is 0.357 e. The van der Waals surface area contributed by atoms with E-state index in [1.165, 1.54) is 18.2 Å². The smallest absolute Gasteiger partial charge is 0.233 e. The molecule has 1 aliphatic heterocycles. The third kappa shape index (κ3) is 4.74. The summed E-state index contributed by atoms with van der Waals surface area (Å²) in [7, 11) is 0. The molecule has 2 heterocycles. The summed E-state index contributed by atoms with van der Waals surface area (Å²) in [4.78, 5) is 25.0. The third-order valence-corrected chi connectivity index (χ3v) is 4.81. The van der Waals surface area contributed by atoms with Gasteiger partial charge in [-0.25, -0.2) is 9.97 Å². The first-order valence-electron chi connectivity index (χ1n) is 7.84. The summed E-state index contributed by atoms with van der Waals surface area (Å²) in [6, 6.07) is 1.77. The minimum atomic E-state index is 0.165. The highest BCUT2D eigenvalue weighted by Gasteiger charge is 2.17. The number of piperidine rings is 1. The molecule has 1 aromatic heterocycles. The van der Waals surface area contributed by atoms with Gasteiger partial charge in [-0.15, -0.1) is 0 Å². The van der Waals surface area contributed by atoms with Crippen molar-refractivity contribution in [3.63, 3.8) is 0 Å². The van der Waals surface area contributed by atoms with Crippen molar-refractivity contribution in [3.05, 3.63) is 11.2 Å². The molecule has 0 bridgehead atoms. The molecule has 1 saturated heterocycles. The van der Waals surface area contributed by atoms with Crippen LogP contribution in [0.15, 0.2) is 11.2 Å². The van der Waals surface area contributed by atoms with Gasteiger partial charge in [-0.2, -0.15) is 0 Å². The summed E-state index contributed by atoms with van der Waals surface area (Å²) < 4.78 is 0. The number of anilines is 1. The Bertz CT molecular complexity index is 504. The molecule has 0 aromatic carbocycles. The Morgan fingerprint density at radius 3 is 2.59 bits per heavy atom. The predicted octanol–water partition coefficient (Wildman–Crippen LogP) is 3.08. The molecule has 2 rings (SSSR count). The first kappa shape index (κ1) is 17.3. The van der Waals surface area contributed by atoms with Gasteiger partial charge in [0.1, 0.15) is 11.0 Å². The molecule has 0 radical (unpaired) electrons. The first-order valence-corrected chi connectivity index (χ1v) is 9.20. The van der Waals surface area contributed by atoms with Crippen LogP contribution in [0.2, 0.25) is 5.15 Å². The van der Waals surface area contributed by atoms with E-state index in [-0.39, 0.29) is 5.91 Å². The number of halogens is 1. The lowest BCUT2D eigenvalue weighted by Crippen LogP contribution is -2.36. The number of carbonyl (C=O) groups excluding carboxylic acids is 1. The maximum atomic E-state index is 12.2. The second kappa shape index (κ2) is 8.58. The van der Waals surface area contributed by atoms with E-state index in [2.05, 4.69) is 28.7 Å². The van der Waals surface area contributed by atoms with Crippen LogP contribution in [0, 0.1) is 0 Å². The third-order valence-electron chi connectivity index (χ3n) is 3.78. The minimum Gasteiger partial charge on any atom is -0.357 e. The Balaban J connectivity index is 1.98. The molecule has 0 atom stereocenters. The summed E-state index contributed by atoms with van der Waals surface area (Å²) >= 11 is 7.45. The molecule has 0 N–H and O–H groups in total. The van der Waals surface area contributed by atoms with E-state index in [9.17, 15) is 4.79 Å². The lowest BCUT2D eigenvalue weighted by atomic mass is 10.1. The van der Waals surface area contributed by atoms with E-state index < -0.39 is 0 Å². The van der Waals surface area contributed by atoms with Crippen LogP contribution < -0.4 is 4.90 Å². The van der Waals surface area contributed by atoms with Gasteiger partial charge in [0, 0.05) is 32.2 Å². The van der Waals surface area contributed by atoms with E-state index in [4.69, 9.17) is 11.6 Å². The summed E-state index contributed by atoms with van der Waals surface area (Å²) in [6.07, 6.45) is 3.44. The zero-order valence-electron chi connectivity index (χ0n) is 13.2. The van der Waals surface area contributed by atoms with Crippen LogP contribution in [-0.2, 0) is 4.79 Å². The van der Waals surface area contributed by atoms with Crippen LogP contribution in [-0.4, -0.2) is 52.7 Å². The number of thioether (sulfide) groups is 1. The van der Waals surface area contributed by atoms with E-state index >= 15 is 0 Å². The van der Waals surface area contributed by atoms with E-state index in [1.807, 2.05) is 4.90 Å². The molecule has 1 amide bonds. The predicted molar refractivity (Wildman–Crippen MR) is 91.8 cm³/mol. The van der Waals surface area contributed by atoms with Crippen molar-refractivity contribution in [2.75, 3.05) is 36.8 Å². The Hall–Kier alpha value is -1.01. The molecule has 7 heteroatoms. The van der Waals surface area contributed by atoms with Gasteiger partial charge < -0.3 is 9.80 Å². The molecule has 1 fully saturated rings. The van der Waals surface area contributed by atoms with Crippen molar-refractivity contribution >= 4 is 35.1 Å². The fourth-order valence-corrected chi connectivity index (χ4v) is 3.50. The van der Waals surface area contributed by atoms with Crippen molar-refractivity contribution in [2.24, 2.45) is 0 Å². The van der Waals surface area contributed by atoms with Crippen molar-refractivity contribution in [3.8, 4) is 0 Å². The maximum absolute atomic E-state index is 12.2. The number of hydrogen-bond acceptors (Lipinski definition) is 5. The average molecular weight is 343 g/mol. The average Bonchev–Trinajstić information content (AvgIpc) is 2.54. The fourth-order valence-electron chi connectivity index (χ4n) is 2.52. The number of nitrogens with zero attached hydrogens (tertiary/aromatic N) is 4. The SMILES string of the molecule is CCN(CC)c1cc(Cl)nc(SCC(=O)N2CCCCC2)n1. The van der Waals surface area contributed by atoms with Gasteiger partial charge in [-0.3, -0.25) is 4.79 Å². The summed E-state index contributed by atoms with van der Waals surface area (Å²) in [6.45, 7) is 7.63. The molecular formula is C15H23ClN4OS. The Morgan fingerprint density at radius 1 is 1.27 bits per heavy atom. The van der Waals surface area contributed by atoms with Gasteiger partial charge in [-0.05, 0) is 33.1 Å². The maximum Gasteiger partial charge on any atom is 0.233 e. The molecule has 0 saturated carbocycles. The second-order valence-corrected chi connectivity index (χ2v) is 6.56. The lowest BCUT2D eigenvalue weighted by Gasteiger charge is -2.26. The highest BCUT2D eigenvalue weighted by molar-refractivity contribution is 7.99. The zero-order valence-corrected chi connectivity index (χ0v) is 14.8. The van der Waals surface area contributed by atoms with Crippen LogP contribution in [0.25, 0.3) is 0 Å². The molecule has 0 unspecified atom stereocenters. The number of aromatic nitrogens is 2. The quantitative estimate of drug-likeness (QED) is 0.451. The summed E-state index contributed by atoms with van der Waals surface area (Å²) in [5.74, 6) is 1.36. The molecule has 1 aromatic rings. The van der Waals surface area contributed by atoms with Crippen molar-refractivity contribution < 1.29 is 4.79 Å². The van der Waals surface area contributed by atoms with Crippen LogP contribution in [0.5, 0.6) is 0 Å². The van der Waals surface area contributed by atoms with Crippen molar-refractivity contribution in [2.45, 2.75) is 38.3 Å². The van der Waals surface area contributed by atoms with E-state index in [0.717, 1.165) is 44.8 Å². The minimum absolute atomic E-state index is 0.165. The van der Waals surface area contributed by atoms with Crippen LogP contribution >= 0.6 is 23.4 Å². The molecule has 5 nitrogen and oxygen atoms in total. The number of rotatable bonds is 6. The molecule has 0 aliphatic carbocycles. The standard InChI is InChI=1S/C15H23ClN4OS/c1-3-19(4-2)13-10-12(16)17-15(18-13)22-11-14(21)20-8-6-5-7-9-20/h10H,3-9,11H2,1-2H3. The monoisotopic (exact) mass is 342 g/mol. The number of amides is 1. The molecule has 0 spiro atoms.